The van der Waals surface area contributed by atoms with Crippen molar-refractivity contribution in [1.82, 2.24) is 0 Å². The van der Waals surface area contributed by atoms with E-state index >= 15 is 0 Å². The first kappa shape index (κ1) is 18.0. The first-order chi connectivity index (χ1) is 9.24. The maximum Gasteiger partial charge on any atom is 0.171 e. The van der Waals surface area contributed by atoms with Gasteiger partial charge in [-0.3, -0.25) is 0 Å². The summed E-state index contributed by atoms with van der Waals surface area (Å²) < 4.78 is 20.8. The van der Waals surface area contributed by atoms with Crippen LogP contribution in [0.5, 0.6) is 0 Å². The smallest absolute Gasteiger partial charge is 0.171 e. The summed E-state index contributed by atoms with van der Waals surface area (Å²) in [6.45, 7) is 0. The fourth-order valence-corrected chi connectivity index (χ4v) is 1.88. The zero-order valence-corrected chi connectivity index (χ0v) is 12.7. The van der Waals surface area contributed by atoms with Crippen molar-refractivity contribution in [3.8, 4) is 0 Å². The Morgan fingerprint density at radius 2 is 1.42 bits per heavy atom. The topological polar surface area (TPSA) is 36.9 Å². The molecule has 0 unspecified atom stereocenters. The van der Waals surface area contributed by atoms with Crippen LogP contribution >= 0.6 is 0 Å². The van der Waals surface area contributed by atoms with Crippen molar-refractivity contribution in [1.29, 1.82) is 0 Å². The number of ether oxygens (including phenoxy) is 4. The van der Waals surface area contributed by atoms with Crippen molar-refractivity contribution in [2.45, 2.75) is 44.3 Å². The van der Waals surface area contributed by atoms with Crippen LogP contribution in [0.3, 0.4) is 0 Å². The second kappa shape index (κ2) is 12.1. The number of unbranched alkanes of at least 4 members (excludes halogenated alkanes) is 3. The average Bonchev–Trinajstić information content (AvgIpc) is 2.45. The molecule has 0 heterocycles. The van der Waals surface area contributed by atoms with Crippen molar-refractivity contribution >= 4 is 0 Å². The third-order valence-corrected chi connectivity index (χ3v) is 3.07. The number of methoxy groups -OCH3 is 4. The molecule has 0 fully saturated rings. The Balaban J connectivity index is 3.93. The van der Waals surface area contributed by atoms with Gasteiger partial charge in [-0.25, -0.2) is 0 Å². The van der Waals surface area contributed by atoms with E-state index < -0.39 is 5.79 Å². The van der Waals surface area contributed by atoms with Crippen LogP contribution in [-0.4, -0.2) is 34.2 Å². The molecule has 0 aliphatic heterocycles. The fourth-order valence-electron chi connectivity index (χ4n) is 1.88. The van der Waals surface area contributed by atoms with E-state index in [4.69, 9.17) is 18.9 Å². The van der Waals surface area contributed by atoms with E-state index in [-0.39, 0.29) is 0 Å². The molecule has 0 saturated carbocycles. The van der Waals surface area contributed by atoms with Crippen molar-refractivity contribution in [2.24, 2.45) is 0 Å². The van der Waals surface area contributed by atoms with Gasteiger partial charge >= 0.3 is 0 Å². The lowest BCUT2D eigenvalue weighted by Crippen LogP contribution is -2.33. The van der Waals surface area contributed by atoms with Crippen LogP contribution in [0.25, 0.3) is 0 Å². The lowest BCUT2D eigenvalue weighted by molar-refractivity contribution is -0.209. The Bertz CT molecular complexity index is 245. The average molecular weight is 272 g/mol. The molecule has 0 aromatic heterocycles. The van der Waals surface area contributed by atoms with Gasteiger partial charge in [0.05, 0.1) is 26.7 Å². The molecule has 0 aromatic carbocycles. The predicted molar refractivity (Wildman–Crippen MR) is 76.7 cm³/mol. The van der Waals surface area contributed by atoms with Crippen LogP contribution in [0.15, 0.2) is 24.7 Å². The number of hydrogen-bond acceptors (Lipinski definition) is 4. The molecule has 0 saturated heterocycles. The second-order valence-corrected chi connectivity index (χ2v) is 4.34. The molecule has 4 nitrogen and oxygen atoms in total. The molecule has 0 amide bonds. The summed E-state index contributed by atoms with van der Waals surface area (Å²) in [7, 11) is 6.66. The molecule has 0 rings (SSSR count). The highest BCUT2D eigenvalue weighted by atomic mass is 16.7. The van der Waals surface area contributed by atoms with Gasteiger partial charge in [0.1, 0.15) is 0 Å². The number of rotatable bonds is 12. The van der Waals surface area contributed by atoms with Crippen molar-refractivity contribution in [3.63, 3.8) is 0 Å². The Morgan fingerprint density at radius 1 is 0.789 bits per heavy atom. The van der Waals surface area contributed by atoms with Gasteiger partial charge in [-0.2, -0.15) is 0 Å². The Hall–Kier alpha value is -1.00. The highest BCUT2D eigenvalue weighted by Crippen LogP contribution is 2.25. The third-order valence-electron chi connectivity index (χ3n) is 3.07. The molecule has 0 aromatic rings. The summed E-state index contributed by atoms with van der Waals surface area (Å²) >= 11 is 0. The van der Waals surface area contributed by atoms with Gasteiger partial charge in [-0.15, -0.1) is 0 Å². The van der Waals surface area contributed by atoms with E-state index in [2.05, 4.69) is 0 Å². The van der Waals surface area contributed by atoms with Crippen LogP contribution in [0.4, 0.5) is 0 Å². The van der Waals surface area contributed by atoms with Gasteiger partial charge < -0.3 is 18.9 Å². The molecule has 0 radical (unpaired) electrons. The predicted octanol–water partition coefficient (Wildman–Crippen LogP) is 3.64. The van der Waals surface area contributed by atoms with Crippen LogP contribution in [0.2, 0.25) is 0 Å². The lowest BCUT2D eigenvalue weighted by Gasteiger charge is -2.29. The van der Waals surface area contributed by atoms with Crippen LogP contribution in [0, 0.1) is 0 Å². The highest BCUT2D eigenvalue weighted by Gasteiger charge is 2.27. The molecular weight excluding hydrogens is 244 g/mol. The number of allylic oxidation sites excluding steroid dienone is 1. The number of hydrogen-bond donors (Lipinski definition) is 0. The fraction of sp³-hybridized carbons (Fsp3) is 0.733. The van der Waals surface area contributed by atoms with E-state index in [1.807, 2.05) is 12.2 Å². The van der Waals surface area contributed by atoms with Crippen molar-refractivity contribution in [3.05, 3.63) is 24.7 Å². The molecular formula is C15H28O4. The molecule has 4 heteroatoms. The summed E-state index contributed by atoms with van der Waals surface area (Å²) in [6.07, 6.45) is 13.3. The van der Waals surface area contributed by atoms with Gasteiger partial charge in [0, 0.05) is 27.1 Å². The molecule has 0 aliphatic carbocycles. The van der Waals surface area contributed by atoms with Crippen LogP contribution < -0.4 is 0 Å². The molecule has 112 valence electrons. The minimum absolute atomic E-state index is 0.530. The normalized spacial score (nSPS) is 12.4. The Morgan fingerprint density at radius 3 is 2.00 bits per heavy atom. The van der Waals surface area contributed by atoms with E-state index in [0.717, 1.165) is 32.1 Å². The molecule has 0 aliphatic rings. The van der Waals surface area contributed by atoms with Crippen molar-refractivity contribution < 1.29 is 18.9 Å². The first-order valence-electron chi connectivity index (χ1n) is 6.70. The summed E-state index contributed by atoms with van der Waals surface area (Å²) in [5.41, 5.74) is 0. The quantitative estimate of drug-likeness (QED) is 0.309. The van der Waals surface area contributed by atoms with Crippen molar-refractivity contribution in [2.75, 3.05) is 28.4 Å². The van der Waals surface area contributed by atoms with Gasteiger partial charge in [0.15, 0.2) is 5.79 Å². The molecule has 0 spiro atoms. The monoisotopic (exact) mass is 272 g/mol. The van der Waals surface area contributed by atoms with E-state index in [0.29, 0.717) is 6.42 Å². The molecule has 19 heavy (non-hydrogen) atoms. The zero-order chi connectivity index (χ0) is 14.4. The minimum atomic E-state index is -0.530. The Labute approximate surface area is 117 Å². The highest BCUT2D eigenvalue weighted by molar-refractivity contribution is 4.83. The standard InChI is InChI=1S/C15H28O4/c1-16-13-9-7-5-6-8-11-15(18-3,19-4)12-10-14-17-2/h9-10,13-14H,5-8,11-12H2,1-4H3/b13-9+,14-10+. The van der Waals surface area contributed by atoms with Gasteiger partial charge in [-0.1, -0.05) is 6.42 Å². The maximum atomic E-state index is 5.52. The molecule has 0 atom stereocenters. The first-order valence-corrected chi connectivity index (χ1v) is 6.70. The second-order valence-electron chi connectivity index (χ2n) is 4.34. The van der Waals surface area contributed by atoms with Crippen LogP contribution in [-0.2, 0) is 18.9 Å². The largest absolute Gasteiger partial charge is 0.505 e. The van der Waals surface area contributed by atoms with Gasteiger partial charge in [-0.05, 0) is 31.4 Å². The lowest BCUT2D eigenvalue weighted by atomic mass is 10.0. The molecule has 0 bridgehead atoms. The summed E-state index contributed by atoms with van der Waals surface area (Å²) in [4.78, 5) is 0. The van der Waals surface area contributed by atoms with Crippen LogP contribution in [0.1, 0.15) is 38.5 Å². The summed E-state index contributed by atoms with van der Waals surface area (Å²) in [5.74, 6) is -0.530. The molecule has 0 N–H and O–H groups in total. The SMILES string of the molecule is CO/C=C/CCCCCC(C/C=C/OC)(OC)OC. The van der Waals surface area contributed by atoms with E-state index in [9.17, 15) is 0 Å². The zero-order valence-electron chi connectivity index (χ0n) is 12.7. The third kappa shape index (κ3) is 8.67. The van der Waals surface area contributed by atoms with E-state index in [1.165, 1.54) is 0 Å². The van der Waals surface area contributed by atoms with E-state index in [1.54, 1.807) is 41.0 Å². The summed E-state index contributed by atoms with van der Waals surface area (Å²) in [5, 5.41) is 0. The minimum Gasteiger partial charge on any atom is -0.505 e. The Kier molecular flexibility index (Phi) is 11.4. The van der Waals surface area contributed by atoms with Gasteiger partial charge in [0.2, 0.25) is 0 Å². The maximum absolute atomic E-state index is 5.52. The summed E-state index contributed by atoms with van der Waals surface area (Å²) in [6, 6.07) is 0. The van der Waals surface area contributed by atoms with Gasteiger partial charge in [0.25, 0.3) is 0 Å².